The van der Waals surface area contributed by atoms with E-state index < -0.39 is 0 Å². The van der Waals surface area contributed by atoms with Gasteiger partial charge >= 0.3 is 0 Å². The Morgan fingerprint density at radius 2 is 0.651 bits per heavy atom. The average Bonchev–Trinajstić information content (AvgIpc) is 3.37. The molecule has 12 rings (SSSR count). The third-order valence-corrected chi connectivity index (χ3v) is 12.8. The maximum Gasteiger partial charge on any atom is 0.252 e. The molecule has 0 aliphatic carbocycles. The Morgan fingerprint density at radius 1 is 0.254 bits per heavy atom. The minimum absolute atomic E-state index is 0.0640. The summed E-state index contributed by atoms with van der Waals surface area (Å²) in [7, 11) is 0. The Kier molecular flexibility index (Phi) is 8.97. The van der Waals surface area contributed by atoms with Crippen LogP contribution in [0.15, 0.2) is 249 Å². The molecule has 0 saturated heterocycles. The van der Waals surface area contributed by atoms with Crippen LogP contribution in [0, 0.1) is 0 Å². The molecular weight excluding hydrogens is 759 g/mol. The standard InChI is InChI=1S/C60H41BN2/c1-6-21-42(22-7-1)47-31-18-32-49(39-47)62-56-40-48(43-23-8-2-9-24-43)41-57-58(56)61(53-36-19-34-51(59(53)62)45-27-12-4-13-28-45)54-37-20-35-52(46-29-14-5-15-30-46)60(54)63(57)55-38-17-16-33-50(55)44-25-10-3-11-26-44/h1-41H. The fraction of sp³-hybridized carbons (Fsp3) is 0. The topological polar surface area (TPSA) is 6.48 Å². The summed E-state index contributed by atoms with van der Waals surface area (Å²) >= 11 is 0. The van der Waals surface area contributed by atoms with Crippen LogP contribution in [-0.2, 0) is 0 Å². The first-order valence-electron chi connectivity index (χ1n) is 21.8. The van der Waals surface area contributed by atoms with Gasteiger partial charge in [0.2, 0.25) is 0 Å². The summed E-state index contributed by atoms with van der Waals surface area (Å²) in [6, 6.07) is 91.2. The Balaban J connectivity index is 1.24. The number of para-hydroxylation sites is 3. The van der Waals surface area contributed by atoms with Crippen LogP contribution in [0.4, 0.5) is 34.1 Å². The van der Waals surface area contributed by atoms with Gasteiger partial charge in [0.05, 0.1) is 5.69 Å². The van der Waals surface area contributed by atoms with Gasteiger partial charge in [-0.1, -0.05) is 218 Å². The van der Waals surface area contributed by atoms with Gasteiger partial charge in [0, 0.05) is 45.1 Å². The lowest BCUT2D eigenvalue weighted by molar-refractivity contribution is 1.25. The summed E-state index contributed by atoms with van der Waals surface area (Å²) in [5, 5.41) is 0. The first-order chi connectivity index (χ1) is 31.3. The highest BCUT2D eigenvalue weighted by molar-refractivity contribution is 7.00. The Labute approximate surface area is 369 Å². The normalized spacial score (nSPS) is 12.3. The third-order valence-electron chi connectivity index (χ3n) is 12.8. The van der Waals surface area contributed by atoms with Crippen molar-refractivity contribution in [3.8, 4) is 55.6 Å². The molecule has 0 saturated carbocycles. The van der Waals surface area contributed by atoms with E-state index in [0.717, 1.165) is 16.9 Å². The summed E-state index contributed by atoms with van der Waals surface area (Å²) in [4.78, 5) is 5.16. The van der Waals surface area contributed by atoms with E-state index in [2.05, 4.69) is 259 Å². The Bertz CT molecular complexity index is 3280. The highest BCUT2D eigenvalue weighted by Gasteiger charge is 2.45. The Hall–Kier alpha value is -8.14. The van der Waals surface area contributed by atoms with E-state index in [1.807, 2.05) is 0 Å². The molecule has 10 aromatic carbocycles. The van der Waals surface area contributed by atoms with Crippen LogP contribution in [0.25, 0.3) is 55.6 Å². The summed E-state index contributed by atoms with van der Waals surface area (Å²) in [6.07, 6.45) is 0. The van der Waals surface area contributed by atoms with Gasteiger partial charge in [0.15, 0.2) is 0 Å². The molecule has 3 heteroatoms. The summed E-state index contributed by atoms with van der Waals surface area (Å²) < 4.78 is 0. The largest absolute Gasteiger partial charge is 0.311 e. The van der Waals surface area contributed by atoms with E-state index in [1.165, 1.54) is 89.2 Å². The molecule has 2 aliphatic heterocycles. The van der Waals surface area contributed by atoms with Crippen molar-refractivity contribution in [2.24, 2.45) is 0 Å². The van der Waals surface area contributed by atoms with E-state index in [1.54, 1.807) is 0 Å². The quantitative estimate of drug-likeness (QED) is 0.148. The van der Waals surface area contributed by atoms with Crippen LogP contribution in [0.5, 0.6) is 0 Å². The molecule has 0 radical (unpaired) electrons. The molecule has 0 N–H and O–H groups in total. The van der Waals surface area contributed by atoms with Gasteiger partial charge < -0.3 is 9.80 Å². The number of anilines is 6. The predicted molar refractivity (Wildman–Crippen MR) is 268 cm³/mol. The molecule has 0 fully saturated rings. The van der Waals surface area contributed by atoms with Crippen LogP contribution in [0.3, 0.4) is 0 Å². The van der Waals surface area contributed by atoms with E-state index in [4.69, 9.17) is 0 Å². The van der Waals surface area contributed by atoms with Crippen molar-refractivity contribution in [2.45, 2.75) is 0 Å². The maximum absolute atomic E-state index is 2.59. The molecule has 0 bridgehead atoms. The van der Waals surface area contributed by atoms with Crippen molar-refractivity contribution in [1.82, 2.24) is 0 Å². The van der Waals surface area contributed by atoms with Crippen LogP contribution >= 0.6 is 0 Å². The zero-order valence-corrected chi connectivity index (χ0v) is 34.6. The van der Waals surface area contributed by atoms with Crippen molar-refractivity contribution < 1.29 is 0 Å². The second kappa shape index (κ2) is 15.4. The molecule has 0 unspecified atom stereocenters. The minimum Gasteiger partial charge on any atom is -0.311 e. The molecule has 10 aromatic rings. The van der Waals surface area contributed by atoms with Gasteiger partial charge in [-0.05, 0) is 85.7 Å². The molecule has 63 heavy (non-hydrogen) atoms. The first kappa shape index (κ1) is 36.7. The van der Waals surface area contributed by atoms with E-state index in [9.17, 15) is 0 Å². The van der Waals surface area contributed by atoms with Gasteiger partial charge in [-0.15, -0.1) is 0 Å². The van der Waals surface area contributed by atoms with Gasteiger partial charge in [-0.3, -0.25) is 0 Å². The highest BCUT2D eigenvalue weighted by atomic mass is 15.2. The van der Waals surface area contributed by atoms with Gasteiger partial charge in [0.1, 0.15) is 0 Å². The van der Waals surface area contributed by atoms with Crippen molar-refractivity contribution in [1.29, 1.82) is 0 Å². The van der Waals surface area contributed by atoms with Crippen molar-refractivity contribution in [3.05, 3.63) is 249 Å². The number of nitrogens with zero attached hydrogens (tertiary/aromatic N) is 2. The average molecular weight is 801 g/mol. The summed E-state index contributed by atoms with van der Waals surface area (Å²) in [5.74, 6) is 0. The smallest absolute Gasteiger partial charge is 0.252 e. The van der Waals surface area contributed by atoms with Crippen LogP contribution in [-0.4, -0.2) is 6.71 Å². The van der Waals surface area contributed by atoms with Crippen molar-refractivity contribution in [3.63, 3.8) is 0 Å². The highest BCUT2D eigenvalue weighted by Crippen LogP contribution is 2.51. The SMILES string of the molecule is c1ccc(-c2cccc(N3c4cc(-c5ccccc5)cc5c4B(c4cccc(-c6ccccc6)c43)c3cccc(-c4ccccc4)c3N5c3ccccc3-c3ccccc3)c2)cc1. The number of hydrogen-bond acceptors (Lipinski definition) is 2. The van der Waals surface area contributed by atoms with E-state index >= 15 is 0 Å². The fourth-order valence-electron chi connectivity index (χ4n) is 10.1. The monoisotopic (exact) mass is 800 g/mol. The third kappa shape index (κ3) is 6.20. The lowest BCUT2D eigenvalue weighted by atomic mass is 9.33. The zero-order valence-electron chi connectivity index (χ0n) is 34.6. The van der Waals surface area contributed by atoms with E-state index in [0.29, 0.717) is 0 Å². The summed E-state index contributed by atoms with van der Waals surface area (Å²) in [6.45, 7) is -0.0640. The Morgan fingerprint density at radius 3 is 1.21 bits per heavy atom. The zero-order chi connectivity index (χ0) is 41.7. The molecule has 0 atom stereocenters. The minimum atomic E-state index is -0.0640. The van der Waals surface area contributed by atoms with Crippen LogP contribution < -0.4 is 26.2 Å². The molecular formula is C60H41BN2. The molecule has 0 aromatic heterocycles. The lowest BCUT2D eigenvalue weighted by Gasteiger charge is -2.46. The number of rotatable bonds is 7. The van der Waals surface area contributed by atoms with Gasteiger partial charge in [0.25, 0.3) is 6.71 Å². The number of fused-ring (bicyclic) bond motifs is 4. The van der Waals surface area contributed by atoms with Crippen molar-refractivity contribution >= 4 is 57.2 Å². The van der Waals surface area contributed by atoms with Gasteiger partial charge in [-0.25, -0.2) is 0 Å². The van der Waals surface area contributed by atoms with E-state index in [-0.39, 0.29) is 6.71 Å². The number of benzene rings is 10. The molecule has 0 amide bonds. The lowest BCUT2D eigenvalue weighted by Crippen LogP contribution is -2.61. The molecule has 0 spiro atoms. The molecule has 2 heterocycles. The van der Waals surface area contributed by atoms with Crippen LogP contribution in [0.2, 0.25) is 0 Å². The summed E-state index contributed by atoms with van der Waals surface area (Å²) in [5.41, 5.74) is 22.7. The maximum atomic E-state index is 2.59. The fourth-order valence-corrected chi connectivity index (χ4v) is 10.1. The second-order valence-corrected chi connectivity index (χ2v) is 16.4. The molecule has 2 nitrogen and oxygen atoms in total. The van der Waals surface area contributed by atoms with Crippen molar-refractivity contribution in [2.75, 3.05) is 9.80 Å². The second-order valence-electron chi connectivity index (χ2n) is 16.4. The van der Waals surface area contributed by atoms with Gasteiger partial charge in [-0.2, -0.15) is 0 Å². The number of hydrogen-bond donors (Lipinski definition) is 0. The first-order valence-corrected chi connectivity index (χ1v) is 21.8. The molecule has 294 valence electrons. The molecule has 2 aliphatic rings. The van der Waals surface area contributed by atoms with Crippen LogP contribution in [0.1, 0.15) is 0 Å². The predicted octanol–water partition coefficient (Wildman–Crippen LogP) is 14.1.